The molecule has 3 atom stereocenters. The summed E-state index contributed by atoms with van der Waals surface area (Å²) in [6.45, 7) is 1.33. The van der Waals surface area contributed by atoms with Crippen LogP contribution in [0.15, 0.2) is 22.8 Å². The number of hydrogen-bond donors (Lipinski definition) is 0. The van der Waals surface area contributed by atoms with Crippen LogP contribution in [0.5, 0.6) is 0 Å². The van der Waals surface area contributed by atoms with Crippen molar-refractivity contribution in [3.05, 3.63) is 24.2 Å². The third kappa shape index (κ3) is 2.58. The molecule has 0 N–H and O–H groups in total. The number of ether oxygens (including phenoxy) is 2. The van der Waals surface area contributed by atoms with Crippen molar-refractivity contribution >= 4 is 5.97 Å². The van der Waals surface area contributed by atoms with E-state index in [1.54, 1.807) is 6.26 Å². The van der Waals surface area contributed by atoms with Gasteiger partial charge in [0.15, 0.2) is 0 Å². The molecule has 2 heterocycles. The smallest absolute Gasteiger partial charge is 0.309 e. The molecule has 1 aromatic heterocycles. The Balaban J connectivity index is 1.38. The molecule has 4 heteroatoms. The molecule has 0 unspecified atom stereocenters. The molecule has 1 saturated heterocycles. The zero-order valence-corrected chi connectivity index (χ0v) is 10.3. The van der Waals surface area contributed by atoms with Gasteiger partial charge in [-0.1, -0.05) is 0 Å². The van der Waals surface area contributed by atoms with Crippen molar-refractivity contribution in [2.75, 3.05) is 13.2 Å². The highest BCUT2D eigenvalue weighted by atomic mass is 16.5. The molecule has 0 amide bonds. The first-order valence-corrected chi connectivity index (χ1v) is 6.66. The fourth-order valence-electron chi connectivity index (χ4n) is 2.54. The average Bonchev–Trinajstić information content (AvgIpc) is 2.84. The van der Waals surface area contributed by atoms with E-state index in [9.17, 15) is 4.79 Å². The lowest BCUT2D eigenvalue weighted by atomic mass is 10.2. The van der Waals surface area contributed by atoms with Gasteiger partial charge in [0, 0.05) is 18.9 Å². The van der Waals surface area contributed by atoms with Crippen LogP contribution in [-0.4, -0.2) is 25.3 Å². The summed E-state index contributed by atoms with van der Waals surface area (Å²) >= 11 is 0. The van der Waals surface area contributed by atoms with Crippen molar-refractivity contribution in [2.45, 2.75) is 37.7 Å². The van der Waals surface area contributed by atoms with E-state index in [-0.39, 0.29) is 23.9 Å². The van der Waals surface area contributed by atoms with E-state index in [0.717, 1.165) is 38.1 Å². The number of esters is 1. The topological polar surface area (TPSA) is 48.7 Å². The summed E-state index contributed by atoms with van der Waals surface area (Å²) in [5, 5.41) is 0. The summed E-state index contributed by atoms with van der Waals surface area (Å²) in [4.78, 5) is 11.8. The van der Waals surface area contributed by atoms with Crippen molar-refractivity contribution < 1.29 is 18.7 Å². The van der Waals surface area contributed by atoms with Crippen molar-refractivity contribution in [3.8, 4) is 0 Å². The molecule has 0 radical (unpaired) electrons. The Morgan fingerprint density at radius 3 is 3.17 bits per heavy atom. The minimum absolute atomic E-state index is 0.000599. The van der Waals surface area contributed by atoms with Gasteiger partial charge >= 0.3 is 5.97 Å². The molecular weight excluding hydrogens is 232 g/mol. The van der Waals surface area contributed by atoms with Crippen molar-refractivity contribution in [3.63, 3.8) is 0 Å². The maximum Gasteiger partial charge on any atom is 0.309 e. The summed E-state index contributed by atoms with van der Waals surface area (Å²) in [5.41, 5.74) is 0. The average molecular weight is 250 g/mol. The third-order valence-corrected chi connectivity index (χ3v) is 3.71. The van der Waals surface area contributed by atoms with Crippen LogP contribution >= 0.6 is 0 Å². The van der Waals surface area contributed by atoms with E-state index < -0.39 is 0 Å². The summed E-state index contributed by atoms with van der Waals surface area (Å²) in [5.74, 6) is 1.04. The summed E-state index contributed by atoms with van der Waals surface area (Å²) < 4.78 is 16.1. The molecule has 0 bridgehead atoms. The molecule has 18 heavy (non-hydrogen) atoms. The second-order valence-electron chi connectivity index (χ2n) is 5.06. The Labute approximate surface area is 106 Å². The van der Waals surface area contributed by atoms with Crippen LogP contribution in [0.25, 0.3) is 0 Å². The molecule has 1 aliphatic carbocycles. The summed E-state index contributed by atoms with van der Waals surface area (Å²) in [6, 6.07) is 3.78. The van der Waals surface area contributed by atoms with Gasteiger partial charge in [-0.15, -0.1) is 0 Å². The maximum atomic E-state index is 11.8. The fraction of sp³-hybridized carbons (Fsp3) is 0.643. The van der Waals surface area contributed by atoms with Gasteiger partial charge in [-0.2, -0.15) is 0 Å². The van der Waals surface area contributed by atoms with Gasteiger partial charge in [-0.25, -0.2) is 0 Å². The molecule has 0 aromatic carbocycles. The molecular formula is C14H18O4. The molecule has 1 aliphatic heterocycles. The van der Waals surface area contributed by atoms with Crippen LogP contribution in [0.3, 0.4) is 0 Å². The predicted octanol–water partition coefficient (Wildman–Crippen LogP) is 2.50. The SMILES string of the molecule is O=C(OCC[C@@H]1CCCO1)[C@@H]1C[C@@H]1c1ccco1. The van der Waals surface area contributed by atoms with E-state index in [0.29, 0.717) is 6.61 Å². The molecule has 4 nitrogen and oxygen atoms in total. The Hall–Kier alpha value is -1.29. The van der Waals surface area contributed by atoms with Gasteiger partial charge in [0.2, 0.25) is 0 Å². The second-order valence-corrected chi connectivity index (χ2v) is 5.06. The number of rotatable bonds is 5. The van der Waals surface area contributed by atoms with Gasteiger partial charge in [0.25, 0.3) is 0 Å². The highest BCUT2D eigenvalue weighted by molar-refractivity contribution is 5.77. The van der Waals surface area contributed by atoms with Crippen LogP contribution in [0.4, 0.5) is 0 Å². The molecule has 98 valence electrons. The zero-order valence-electron chi connectivity index (χ0n) is 10.3. The molecule has 1 saturated carbocycles. The minimum atomic E-state index is -0.0885. The fourth-order valence-corrected chi connectivity index (χ4v) is 2.54. The molecule has 1 aromatic rings. The van der Waals surface area contributed by atoms with E-state index >= 15 is 0 Å². The maximum absolute atomic E-state index is 11.8. The highest BCUT2D eigenvalue weighted by Crippen LogP contribution is 2.48. The highest BCUT2D eigenvalue weighted by Gasteiger charge is 2.47. The first kappa shape index (κ1) is 11.8. The Morgan fingerprint density at radius 1 is 1.50 bits per heavy atom. The van der Waals surface area contributed by atoms with Gasteiger partial charge < -0.3 is 13.9 Å². The lowest BCUT2D eigenvalue weighted by Gasteiger charge is -2.09. The second kappa shape index (κ2) is 5.14. The Kier molecular flexibility index (Phi) is 3.37. The molecule has 2 aliphatic rings. The van der Waals surface area contributed by atoms with Crippen LogP contribution in [0.2, 0.25) is 0 Å². The van der Waals surface area contributed by atoms with E-state index in [2.05, 4.69) is 0 Å². The normalized spacial score (nSPS) is 30.3. The Morgan fingerprint density at radius 2 is 2.44 bits per heavy atom. The van der Waals surface area contributed by atoms with E-state index in [1.807, 2.05) is 12.1 Å². The largest absolute Gasteiger partial charge is 0.469 e. The number of furan rings is 1. The van der Waals surface area contributed by atoms with Crippen LogP contribution in [0, 0.1) is 5.92 Å². The van der Waals surface area contributed by atoms with Crippen LogP contribution in [-0.2, 0) is 14.3 Å². The molecule has 3 rings (SSSR count). The van der Waals surface area contributed by atoms with Gasteiger partial charge in [-0.05, 0) is 31.4 Å². The summed E-state index contributed by atoms with van der Waals surface area (Å²) in [7, 11) is 0. The van der Waals surface area contributed by atoms with Crippen molar-refractivity contribution in [1.29, 1.82) is 0 Å². The number of carbonyl (C=O) groups is 1. The monoisotopic (exact) mass is 250 g/mol. The Bertz CT molecular complexity index is 392. The first-order chi connectivity index (χ1) is 8.84. The zero-order chi connectivity index (χ0) is 12.4. The van der Waals surface area contributed by atoms with Crippen LogP contribution < -0.4 is 0 Å². The minimum Gasteiger partial charge on any atom is -0.469 e. The van der Waals surface area contributed by atoms with E-state index in [4.69, 9.17) is 13.9 Å². The quantitative estimate of drug-likeness (QED) is 0.753. The number of hydrogen-bond acceptors (Lipinski definition) is 4. The van der Waals surface area contributed by atoms with Gasteiger partial charge in [0.05, 0.1) is 24.9 Å². The lowest BCUT2D eigenvalue weighted by molar-refractivity contribution is -0.146. The third-order valence-electron chi connectivity index (χ3n) is 3.71. The van der Waals surface area contributed by atoms with Crippen molar-refractivity contribution in [1.82, 2.24) is 0 Å². The number of carbonyl (C=O) groups excluding carboxylic acids is 1. The van der Waals surface area contributed by atoms with Gasteiger partial charge in [0.1, 0.15) is 5.76 Å². The van der Waals surface area contributed by atoms with Crippen molar-refractivity contribution in [2.24, 2.45) is 5.92 Å². The molecule has 0 spiro atoms. The lowest BCUT2D eigenvalue weighted by Crippen LogP contribution is -2.14. The molecule has 2 fully saturated rings. The van der Waals surface area contributed by atoms with E-state index in [1.165, 1.54) is 0 Å². The van der Waals surface area contributed by atoms with Crippen LogP contribution in [0.1, 0.15) is 37.4 Å². The predicted molar refractivity (Wildman–Crippen MR) is 64.1 cm³/mol. The van der Waals surface area contributed by atoms with Gasteiger partial charge in [-0.3, -0.25) is 4.79 Å². The standard InChI is InChI=1S/C14H18O4/c15-14(18-8-5-10-3-1-6-16-10)12-9-11(12)13-4-2-7-17-13/h2,4,7,10-12H,1,3,5-6,8-9H2/t10-,11-,12+/m0/s1. The summed E-state index contributed by atoms with van der Waals surface area (Å²) in [6.07, 6.45) is 5.83. The first-order valence-electron chi connectivity index (χ1n) is 6.66.